The van der Waals surface area contributed by atoms with Crippen LogP contribution < -0.4 is 11.1 Å². The third-order valence-corrected chi connectivity index (χ3v) is 10.4. The molecule has 0 fully saturated rings. The number of fused-ring (bicyclic) bond motifs is 4. The zero-order valence-corrected chi connectivity index (χ0v) is 30.8. The second-order valence-electron chi connectivity index (χ2n) is 14.1. The first-order chi connectivity index (χ1) is 28.6. The van der Waals surface area contributed by atoms with Crippen molar-refractivity contribution >= 4 is 38.5 Å². The zero-order chi connectivity index (χ0) is 40.5. The number of imidazole rings is 1. The first kappa shape index (κ1) is 35.6. The van der Waals surface area contributed by atoms with Gasteiger partial charge in [0.05, 0.1) is 58.8 Å². The monoisotopic (exact) mass is 789 g/mol. The Morgan fingerprint density at radius 1 is 0.610 bits per heavy atom. The van der Waals surface area contributed by atoms with Gasteiger partial charge in [-0.2, -0.15) is 5.10 Å². The average molecular weight is 790 g/mol. The molecule has 0 aliphatic rings. The van der Waals surface area contributed by atoms with E-state index in [-0.39, 0.29) is 34.3 Å². The molecule has 0 N–H and O–H groups in total. The summed E-state index contributed by atoms with van der Waals surface area (Å²) in [4.78, 5) is 44.1. The van der Waals surface area contributed by atoms with Crippen LogP contribution in [0, 0.1) is 23.3 Å². The first-order valence-electron chi connectivity index (χ1n) is 18.3. The highest BCUT2D eigenvalue weighted by Crippen LogP contribution is 2.32. The van der Waals surface area contributed by atoms with Gasteiger partial charge >= 0.3 is 0 Å². The van der Waals surface area contributed by atoms with Gasteiger partial charge < -0.3 is 0 Å². The molecule has 0 unspecified atom stereocenters. The second kappa shape index (κ2) is 13.7. The lowest BCUT2D eigenvalue weighted by Crippen LogP contribution is -2.22. The summed E-state index contributed by atoms with van der Waals surface area (Å²) >= 11 is 0. The van der Waals surface area contributed by atoms with Crippen molar-refractivity contribution in [3.8, 4) is 33.6 Å². The SMILES string of the molecule is Cn1cc2c(-c3cc(F)c(Cn4cnc5nc(-c6ccn7c(-c8cc(F)c(Cn9cnc%10ccccc%10c9=O)c(F)c8)cnc7c6)ccc5c4=O)c(F)c3)cccc2n1. The first-order valence-corrected chi connectivity index (χ1v) is 18.3. The molecule has 0 atom stereocenters. The van der Waals surface area contributed by atoms with Crippen molar-refractivity contribution in [3.05, 3.63) is 177 Å². The highest BCUT2D eigenvalue weighted by molar-refractivity contribution is 5.94. The summed E-state index contributed by atoms with van der Waals surface area (Å²) < 4.78 is 67.6. The largest absolute Gasteiger partial charge is 0.300 e. The quantitative estimate of drug-likeness (QED) is 0.152. The Kier molecular flexibility index (Phi) is 8.26. The fraction of sp³-hybridized carbons (Fsp3) is 0.0682. The van der Waals surface area contributed by atoms with Crippen LogP contribution >= 0.6 is 0 Å². The van der Waals surface area contributed by atoms with Crippen LogP contribution in [0.1, 0.15) is 11.1 Å². The number of aryl methyl sites for hydroxylation is 1. The summed E-state index contributed by atoms with van der Waals surface area (Å²) in [5, 5.41) is 5.61. The van der Waals surface area contributed by atoms with Gasteiger partial charge in [0.1, 0.15) is 35.2 Å². The van der Waals surface area contributed by atoms with E-state index in [4.69, 9.17) is 0 Å². The summed E-state index contributed by atoms with van der Waals surface area (Å²) in [6, 6.07) is 23.6. The van der Waals surface area contributed by atoms with Crippen molar-refractivity contribution in [1.29, 1.82) is 0 Å². The van der Waals surface area contributed by atoms with Gasteiger partial charge in [-0.15, -0.1) is 0 Å². The summed E-state index contributed by atoms with van der Waals surface area (Å²) in [7, 11) is 1.77. The van der Waals surface area contributed by atoms with Crippen LogP contribution in [-0.4, -0.2) is 43.3 Å². The summed E-state index contributed by atoms with van der Waals surface area (Å²) in [6.07, 6.45) is 7.43. The molecule has 10 aromatic rings. The Morgan fingerprint density at radius 2 is 1.27 bits per heavy atom. The van der Waals surface area contributed by atoms with Crippen LogP contribution in [0.5, 0.6) is 0 Å². The Labute approximate surface area is 329 Å². The van der Waals surface area contributed by atoms with Gasteiger partial charge in [0.15, 0.2) is 5.65 Å². The molecule has 6 heterocycles. The fourth-order valence-corrected chi connectivity index (χ4v) is 7.46. The van der Waals surface area contributed by atoms with E-state index >= 15 is 17.6 Å². The van der Waals surface area contributed by atoms with Crippen LogP contribution in [0.2, 0.25) is 0 Å². The van der Waals surface area contributed by atoms with E-state index in [2.05, 4.69) is 25.0 Å². The Morgan fingerprint density at radius 3 is 2.02 bits per heavy atom. The summed E-state index contributed by atoms with van der Waals surface area (Å²) in [5.41, 5.74) is 2.95. The van der Waals surface area contributed by atoms with Crippen molar-refractivity contribution < 1.29 is 17.6 Å². The minimum atomic E-state index is -0.832. The van der Waals surface area contributed by atoms with E-state index < -0.39 is 40.9 Å². The predicted molar refractivity (Wildman–Crippen MR) is 214 cm³/mol. The van der Waals surface area contributed by atoms with Gasteiger partial charge in [-0.25, -0.2) is 37.5 Å². The molecule has 4 aromatic carbocycles. The van der Waals surface area contributed by atoms with Crippen LogP contribution in [0.4, 0.5) is 17.6 Å². The van der Waals surface area contributed by atoms with Crippen molar-refractivity contribution in [2.45, 2.75) is 13.1 Å². The zero-order valence-electron chi connectivity index (χ0n) is 30.8. The Balaban J connectivity index is 0.906. The van der Waals surface area contributed by atoms with E-state index in [1.54, 1.807) is 89.2 Å². The lowest BCUT2D eigenvalue weighted by molar-refractivity contribution is 0.541. The van der Waals surface area contributed by atoms with Crippen molar-refractivity contribution in [2.75, 3.05) is 0 Å². The second-order valence-corrected chi connectivity index (χ2v) is 14.1. The van der Waals surface area contributed by atoms with Gasteiger partial charge in [0.2, 0.25) is 0 Å². The van der Waals surface area contributed by atoms with Crippen LogP contribution in [0.15, 0.2) is 132 Å². The topological polar surface area (TPSA) is 118 Å². The maximum absolute atomic E-state index is 15.5. The van der Waals surface area contributed by atoms with Crippen molar-refractivity contribution in [3.63, 3.8) is 0 Å². The van der Waals surface area contributed by atoms with Gasteiger partial charge in [-0.1, -0.05) is 24.3 Å². The maximum Gasteiger partial charge on any atom is 0.263 e. The molecule has 0 aliphatic heterocycles. The standard InChI is InChI=1S/C44H27F4N9O2/c1-54-19-30-27(6-4-8-39(30)53-54)25-13-33(45)31(34(46)14-25)21-56-23-51-42-29(44(56)59)9-10-37(52-42)24-11-12-57-40(18-49-41(57)17-24)26-15-35(47)32(36(48)16-26)20-55-22-50-38-7-3-2-5-28(38)43(55)58/h2-19,22-23H,20-21H2,1H3. The molecule has 0 spiro atoms. The Hall–Kier alpha value is -7.81. The van der Waals surface area contributed by atoms with Crippen molar-refractivity contribution in [1.82, 2.24) is 43.3 Å². The third-order valence-electron chi connectivity index (χ3n) is 10.4. The van der Waals surface area contributed by atoms with Crippen LogP contribution in [-0.2, 0) is 20.1 Å². The van der Waals surface area contributed by atoms with E-state index in [1.807, 2.05) is 6.07 Å². The predicted octanol–water partition coefficient (Wildman–Crippen LogP) is 7.69. The number of benzene rings is 4. The molecular formula is C44H27F4N9O2. The number of rotatable bonds is 7. The van der Waals surface area contributed by atoms with Gasteiger partial charge in [-0.05, 0) is 77.9 Å². The number of aromatic nitrogens is 9. The highest BCUT2D eigenvalue weighted by Gasteiger charge is 2.19. The molecule has 11 nitrogen and oxygen atoms in total. The molecule has 6 aromatic heterocycles. The number of para-hydroxylation sites is 1. The molecule has 0 bridgehead atoms. The summed E-state index contributed by atoms with van der Waals surface area (Å²) in [6.45, 7) is -0.737. The average Bonchev–Trinajstić information content (AvgIpc) is 3.84. The number of hydrogen-bond donors (Lipinski definition) is 0. The molecule has 15 heteroatoms. The molecular weight excluding hydrogens is 763 g/mol. The molecule has 59 heavy (non-hydrogen) atoms. The molecule has 288 valence electrons. The number of pyridine rings is 2. The molecule has 0 aliphatic carbocycles. The number of hydrogen-bond acceptors (Lipinski definition) is 7. The van der Waals surface area contributed by atoms with E-state index in [1.165, 1.54) is 47.7 Å². The number of halogens is 4. The molecule has 0 radical (unpaired) electrons. The van der Waals surface area contributed by atoms with E-state index in [9.17, 15) is 9.59 Å². The maximum atomic E-state index is 15.5. The van der Waals surface area contributed by atoms with Gasteiger partial charge in [0.25, 0.3) is 11.1 Å². The highest BCUT2D eigenvalue weighted by atomic mass is 19.1. The molecule has 0 saturated heterocycles. The summed E-state index contributed by atoms with van der Waals surface area (Å²) in [5.74, 6) is -3.28. The minimum Gasteiger partial charge on any atom is -0.300 e. The van der Waals surface area contributed by atoms with Crippen LogP contribution in [0.3, 0.4) is 0 Å². The van der Waals surface area contributed by atoms with E-state index in [0.29, 0.717) is 50.1 Å². The smallest absolute Gasteiger partial charge is 0.263 e. The van der Waals surface area contributed by atoms with Gasteiger partial charge in [0, 0.05) is 47.1 Å². The lowest BCUT2D eigenvalue weighted by atomic mass is 10.00. The van der Waals surface area contributed by atoms with Crippen LogP contribution in [0.25, 0.3) is 72.1 Å². The molecule has 0 amide bonds. The minimum absolute atomic E-state index is 0.126. The van der Waals surface area contributed by atoms with E-state index in [0.717, 1.165) is 9.95 Å². The number of nitrogens with zero attached hydrogens (tertiary/aromatic N) is 9. The third kappa shape index (κ3) is 6.10. The van der Waals surface area contributed by atoms with Gasteiger partial charge in [-0.3, -0.25) is 27.8 Å². The normalized spacial score (nSPS) is 11.7. The molecule has 0 saturated carbocycles. The van der Waals surface area contributed by atoms with Crippen molar-refractivity contribution in [2.24, 2.45) is 7.05 Å². The fourth-order valence-electron chi connectivity index (χ4n) is 7.46. The lowest BCUT2D eigenvalue weighted by Gasteiger charge is -2.12. The molecule has 10 rings (SSSR count). The Bertz CT molecular complexity index is 3440.